The van der Waals surface area contributed by atoms with Crippen molar-refractivity contribution in [2.45, 2.75) is 64.1 Å². The summed E-state index contributed by atoms with van der Waals surface area (Å²) in [5.41, 5.74) is 2.08. The molecule has 1 aromatic carbocycles. The third kappa shape index (κ3) is 2.23. The van der Waals surface area contributed by atoms with Crippen molar-refractivity contribution in [1.29, 1.82) is 0 Å². The molecule has 0 amide bonds. The first-order chi connectivity index (χ1) is 8.89. The lowest BCUT2D eigenvalue weighted by atomic mass is 9.74. The highest BCUT2D eigenvalue weighted by Crippen LogP contribution is 2.38. The minimum absolute atomic E-state index is 0.231. The van der Waals surface area contributed by atoms with E-state index in [1.165, 1.54) is 24.8 Å². The van der Waals surface area contributed by atoms with Crippen LogP contribution in [0, 0.1) is 0 Å². The van der Waals surface area contributed by atoms with Crippen molar-refractivity contribution in [3.8, 4) is 0 Å². The van der Waals surface area contributed by atoms with Crippen LogP contribution in [0.15, 0.2) is 24.3 Å². The molecule has 1 aliphatic carbocycles. The SMILES string of the molecule is CC1(C)OB(c2cccc(C3CCC3)c2)OC1(C)C. The van der Waals surface area contributed by atoms with Gasteiger partial charge in [0.25, 0.3) is 0 Å². The van der Waals surface area contributed by atoms with Crippen LogP contribution in [-0.2, 0) is 9.31 Å². The Morgan fingerprint density at radius 1 is 1.05 bits per heavy atom. The van der Waals surface area contributed by atoms with E-state index in [0.29, 0.717) is 0 Å². The summed E-state index contributed by atoms with van der Waals surface area (Å²) < 4.78 is 12.2. The maximum atomic E-state index is 6.11. The Morgan fingerprint density at radius 3 is 2.21 bits per heavy atom. The second-order valence-electron chi connectivity index (χ2n) is 6.89. The fraction of sp³-hybridized carbons (Fsp3) is 0.625. The van der Waals surface area contributed by atoms with E-state index in [2.05, 4.69) is 52.0 Å². The van der Waals surface area contributed by atoms with E-state index in [1.807, 2.05) is 0 Å². The average Bonchev–Trinajstić information content (AvgIpc) is 2.46. The summed E-state index contributed by atoms with van der Waals surface area (Å²) >= 11 is 0. The third-order valence-electron chi connectivity index (χ3n) is 5.01. The van der Waals surface area contributed by atoms with E-state index in [0.717, 1.165) is 11.4 Å². The first-order valence-electron chi connectivity index (χ1n) is 7.34. The molecule has 0 radical (unpaired) electrons. The fourth-order valence-corrected chi connectivity index (χ4v) is 2.68. The van der Waals surface area contributed by atoms with Crippen LogP contribution in [0.4, 0.5) is 0 Å². The number of rotatable bonds is 2. The largest absolute Gasteiger partial charge is 0.494 e. The van der Waals surface area contributed by atoms with Crippen molar-refractivity contribution >= 4 is 12.6 Å². The van der Waals surface area contributed by atoms with Gasteiger partial charge in [0.15, 0.2) is 0 Å². The molecule has 0 spiro atoms. The van der Waals surface area contributed by atoms with Gasteiger partial charge in [0.1, 0.15) is 0 Å². The van der Waals surface area contributed by atoms with Crippen molar-refractivity contribution in [3.05, 3.63) is 29.8 Å². The molecule has 0 aromatic heterocycles. The van der Waals surface area contributed by atoms with Gasteiger partial charge in [-0.1, -0.05) is 30.7 Å². The van der Waals surface area contributed by atoms with Gasteiger partial charge in [0.05, 0.1) is 11.2 Å². The highest BCUT2D eigenvalue weighted by atomic mass is 16.7. The van der Waals surface area contributed by atoms with Crippen LogP contribution in [0.5, 0.6) is 0 Å². The lowest BCUT2D eigenvalue weighted by Crippen LogP contribution is -2.41. The zero-order valence-electron chi connectivity index (χ0n) is 12.4. The summed E-state index contributed by atoms with van der Waals surface area (Å²) in [6, 6.07) is 8.75. The van der Waals surface area contributed by atoms with Crippen molar-refractivity contribution in [3.63, 3.8) is 0 Å². The molecule has 1 saturated carbocycles. The van der Waals surface area contributed by atoms with Gasteiger partial charge in [-0.3, -0.25) is 0 Å². The second-order valence-corrected chi connectivity index (χ2v) is 6.89. The molecule has 102 valence electrons. The van der Waals surface area contributed by atoms with Crippen LogP contribution in [0.1, 0.15) is 58.4 Å². The molecular formula is C16H23BO2. The Hall–Kier alpha value is -0.795. The number of benzene rings is 1. The van der Waals surface area contributed by atoms with Gasteiger partial charge in [0, 0.05) is 0 Å². The number of hydrogen-bond acceptors (Lipinski definition) is 2. The Morgan fingerprint density at radius 2 is 1.68 bits per heavy atom. The van der Waals surface area contributed by atoms with Crippen LogP contribution in [-0.4, -0.2) is 18.3 Å². The van der Waals surface area contributed by atoms with Gasteiger partial charge >= 0.3 is 7.12 Å². The Kier molecular flexibility index (Phi) is 3.03. The quantitative estimate of drug-likeness (QED) is 0.758. The zero-order chi connectivity index (χ0) is 13.7. The molecule has 1 aromatic rings. The van der Waals surface area contributed by atoms with Crippen molar-refractivity contribution < 1.29 is 9.31 Å². The van der Waals surface area contributed by atoms with E-state index in [4.69, 9.17) is 9.31 Å². The minimum Gasteiger partial charge on any atom is -0.399 e. The monoisotopic (exact) mass is 258 g/mol. The summed E-state index contributed by atoms with van der Waals surface area (Å²) in [4.78, 5) is 0. The van der Waals surface area contributed by atoms with E-state index in [1.54, 1.807) is 0 Å². The second kappa shape index (κ2) is 4.36. The summed E-state index contributed by atoms with van der Waals surface area (Å²) in [5.74, 6) is 0.752. The molecule has 3 heteroatoms. The van der Waals surface area contributed by atoms with Crippen molar-refractivity contribution in [2.24, 2.45) is 0 Å². The summed E-state index contributed by atoms with van der Waals surface area (Å²) in [6.07, 6.45) is 4.02. The summed E-state index contributed by atoms with van der Waals surface area (Å²) in [5, 5.41) is 0. The van der Waals surface area contributed by atoms with Gasteiger partial charge in [-0.2, -0.15) is 0 Å². The molecule has 0 N–H and O–H groups in total. The standard InChI is InChI=1S/C16H23BO2/c1-15(2)16(3,4)19-17(18-15)14-10-6-9-13(11-14)12-7-5-8-12/h6,9-12H,5,7-8H2,1-4H3. The average molecular weight is 258 g/mol. The Labute approximate surface area is 116 Å². The van der Waals surface area contributed by atoms with Gasteiger partial charge in [-0.25, -0.2) is 0 Å². The maximum Gasteiger partial charge on any atom is 0.494 e. The Balaban J connectivity index is 1.83. The predicted octanol–water partition coefficient (Wildman–Crippen LogP) is 3.25. The lowest BCUT2D eigenvalue weighted by Gasteiger charge is -2.32. The van der Waals surface area contributed by atoms with Gasteiger partial charge in [0.2, 0.25) is 0 Å². The molecule has 2 fully saturated rings. The first-order valence-corrected chi connectivity index (χ1v) is 7.34. The summed E-state index contributed by atoms with van der Waals surface area (Å²) in [6.45, 7) is 8.40. The molecule has 2 nitrogen and oxygen atoms in total. The van der Waals surface area contributed by atoms with E-state index in [-0.39, 0.29) is 18.3 Å². The minimum atomic E-state index is -0.260. The van der Waals surface area contributed by atoms with Gasteiger partial charge in [-0.05, 0) is 57.5 Å². The van der Waals surface area contributed by atoms with Gasteiger partial charge in [-0.15, -0.1) is 0 Å². The van der Waals surface area contributed by atoms with E-state index >= 15 is 0 Å². The van der Waals surface area contributed by atoms with Crippen molar-refractivity contribution in [2.75, 3.05) is 0 Å². The molecule has 2 aliphatic rings. The predicted molar refractivity (Wildman–Crippen MR) is 78.8 cm³/mol. The molecular weight excluding hydrogens is 235 g/mol. The smallest absolute Gasteiger partial charge is 0.399 e. The maximum absolute atomic E-state index is 6.11. The van der Waals surface area contributed by atoms with Gasteiger partial charge < -0.3 is 9.31 Å². The fourth-order valence-electron chi connectivity index (χ4n) is 2.68. The van der Waals surface area contributed by atoms with Crippen molar-refractivity contribution in [1.82, 2.24) is 0 Å². The van der Waals surface area contributed by atoms with Crippen LogP contribution >= 0.6 is 0 Å². The molecule has 0 bridgehead atoms. The molecule has 1 heterocycles. The topological polar surface area (TPSA) is 18.5 Å². The summed E-state index contributed by atoms with van der Waals surface area (Å²) in [7, 11) is -0.231. The first kappa shape index (κ1) is 13.2. The molecule has 19 heavy (non-hydrogen) atoms. The highest BCUT2D eigenvalue weighted by molar-refractivity contribution is 6.62. The van der Waals surface area contributed by atoms with Crippen LogP contribution in [0.2, 0.25) is 0 Å². The molecule has 3 rings (SSSR count). The van der Waals surface area contributed by atoms with Crippen LogP contribution in [0.25, 0.3) is 0 Å². The highest BCUT2D eigenvalue weighted by Gasteiger charge is 2.51. The van der Waals surface area contributed by atoms with Crippen LogP contribution in [0.3, 0.4) is 0 Å². The Bertz CT molecular complexity index is 461. The molecule has 0 atom stereocenters. The molecule has 0 unspecified atom stereocenters. The van der Waals surface area contributed by atoms with E-state index < -0.39 is 0 Å². The molecule has 1 aliphatic heterocycles. The zero-order valence-corrected chi connectivity index (χ0v) is 12.4. The number of hydrogen-bond donors (Lipinski definition) is 0. The van der Waals surface area contributed by atoms with E-state index in [9.17, 15) is 0 Å². The molecule has 1 saturated heterocycles. The third-order valence-corrected chi connectivity index (χ3v) is 5.01. The lowest BCUT2D eigenvalue weighted by molar-refractivity contribution is 0.00578. The van der Waals surface area contributed by atoms with Crippen LogP contribution < -0.4 is 5.46 Å². The normalized spacial score (nSPS) is 25.4.